The maximum Gasteiger partial charge on any atom is 0.320 e. The number of aromatic hydroxyl groups is 1. The van der Waals surface area contributed by atoms with Crippen molar-refractivity contribution in [3.05, 3.63) is 42.6 Å². The highest BCUT2D eigenvalue weighted by atomic mass is 16.3. The Balaban J connectivity index is 1.86. The molecule has 0 fully saturated rings. The van der Waals surface area contributed by atoms with Gasteiger partial charge in [0.2, 0.25) is 0 Å². The second kappa shape index (κ2) is 6.78. The van der Waals surface area contributed by atoms with Gasteiger partial charge in [0.05, 0.1) is 11.9 Å². The number of nitrogens with one attached hydrogen (secondary N) is 3. The van der Waals surface area contributed by atoms with Crippen molar-refractivity contribution < 1.29 is 9.90 Å². The number of hydrogen-bond donors (Lipinski definition) is 4. The number of fused-ring (bicyclic) bond motifs is 1. The van der Waals surface area contributed by atoms with Crippen molar-refractivity contribution in [2.75, 3.05) is 17.2 Å². The van der Waals surface area contributed by atoms with Crippen LogP contribution in [0.15, 0.2) is 42.6 Å². The Morgan fingerprint density at radius 1 is 1.12 bits per heavy atom. The maximum atomic E-state index is 11.6. The average Bonchev–Trinajstić information content (AvgIpc) is 2.57. The van der Waals surface area contributed by atoms with Gasteiger partial charge in [-0.25, -0.2) is 19.7 Å². The lowest BCUT2D eigenvalue weighted by Gasteiger charge is -2.08. The van der Waals surface area contributed by atoms with E-state index in [-0.39, 0.29) is 11.8 Å². The van der Waals surface area contributed by atoms with Crippen LogP contribution in [0, 0.1) is 0 Å². The molecule has 1 aromatic carbocycles. The van der Waals surface area contributed by atoms with Crippen LogP contribution in [0.2, 0.25) is 0 Å². The van der Waals surface area contributed by atoms with Gasteiger partial charge >= 0.3 is 6.03 Å². The number of anilines is 3. The largest absolute Gasteiger partial charge is 0.506 e. The predicted octanol–water partition coefficient (Wildman–Crippen LogP) is 2.62. The Hall–Kier alpha value is -3.42. The van der Waals surface area contributed by atoms with Crippen molar-refractivity contribution in [3.8, 4) is 5.75 Å². The second-order valence-corrected chi connectivity index (χ2v) is 4.92. The van der Waals surface area contributed by atoms with Gasteiger partial charge in [0, 0.05) is 6.54 Å². The van der Waals surface area contributed by atoms with Crippen LogP contribution in [-0.4, -0.2) is 32.6 Å². The smallest absolute Gasteiger partial charge is 0.320 e. The first kappa shape index (κ1) is 15.5. The van der Waals surface area contributed by atoms with E-state index >= 15 is 0 Å². The van der Waals surface area contributed by atoms with Crippen molar-refractivity contribution in [3.63, 3.8) is 0 Å². The van der Waals surface area contributed by atoms with E-state index in [1.807, 2.05) is 6.92 Å². The van der Waals surface area contributed by atoms with E-state index in [4.69, 9.17) is 0 Å². The summed E-state index contributed by atoms with van der Waals surface area (Å²) in [5.74, 6) is 0.924. The third-order valence-corrected chi connectivity index (χ3v) is 3.15. The molecule has 4 N–H and O–H groups in total. The van der Waals surface area contributed by atoms with E-state index in [1.54, 1.807) is 42.6 Å². The van der Waals surface area contributed by atoms with Gasteiger partial charge in [0.25, 0.3) is 0 Å². The summed E-state index contributed by atoms with van der Waals surface area (Å²) in [6, 6.07) is 9.87. The highest BCUT2D eigenvalue weighted by Gasteiger charge is 2.07. The van der Waals surface area contributed by atoms with Crippen LogP contribution < -0.4 is 16.0 Å². The summed E-state index contributed by atoms with van der Waals surface area (Å²) in [7, 11) is 0. The number of para-hydroxylation sites is 2. The van der Waals surface area contributed by atoms with Crippen molar-refractivity contribution in [1.29, 1.82) is 0 Å². The van der Waals surface area contributed by atoms with Gasteiger partial charge in [-0.15, -0.1) is 0 Å². The molecule has 0 spiro atoms. The van der Waals surface area contributed by atoms with Crippen molar-refractivity contribution in [1.82, 2.24) is 20.3 Å². The van der Waals surface area contributed by atoms with Gasteiger partial charge in [-0.05, 0) is 31.2 Å². The Morgan fingerprint density at radius 3 is 2.71 bits per heavy atom. The van der Waals surface area contributed by atoms with E-state index in [0.717, 1.165) is 0 Å². The molecule has 2 amide bonds. The molecule has 0 radical (unpaired) electrons. The number of urea groups is 1. The number of phenolic OH excluding ortho intramolecular Hbond substituents is 1. The fraction of sp³-hybridized carbons (Fsp3) is 0.125. The zero-order valence-corrected chi connectivity index (χ0v) is 12.9. The third-order valence-electron chi connectivity index (χ3n) is 3.15. The summed E-state index contributed by atoms with van der Waals surface area (Å²) < 4.78 is 0. The van der Waals surface area contributed by atoms with E-state index in [1.165, 1.54) is 0 Å². The standard InChI is InChI=1S/C16H16N6O2/c1-2-17-16(24)22-13-8-7-11-15(20-13)21-14(9-18-11)19-10-5-3-4-6-12(10)23/h3-9,23H,2H2,1H3,(H3,17,19,20,21,22,24). The molecule has 8 heteroatoms. The summed E-state index contributed by atoms with van der Waals surface area (Å²) in [5.41, 5.74) is 1.49. The summed E-state index contributed by atoms with van der Waals surface area (Å²) in [4.78, 5) is 24.5. The third kappa shape index (κ3) is 3.49. The molecule has 0 saturated heterocycles. The molecular weight excluding hydrogens is 308 g/mol. The van der Waals surface area contributed by atoms with Crippen LogP contribution in [0.4, 0.5) is 22.1 Å². The van der Waals surface area contributed by atoms with Crippen molar-refractivity contribution >= 4 is 34.5 Å². The van der Waals surface area contributed by atoms with Gasteiger partial charge in [-0.1, -0.05) is 12.1 Å². The fourth-order valence-electron chi connectivity index (χ4n) is 2.07. The van der Waals surface area contributed by atoms with E-state index < -0.39 is 0 Å². The lowest BCUT2D eigenvalue weighted by molar-refractivity contribution is 0.252. The van der Waals surface area contributed by atoms with Gasteiger partial charge in [0.1, 0.15) is 17.1 Å². The molecule has 2 aromatic heterocycles. The number of carbonyl (C=O) groups is 1. The van der Waals surface area contributed by atoms with Crippen LogP contribution >= 0.6 is 0 Å². The molecule has 0 atom stereocenters. The average molecular weight is 324 g/mol. The van der Waals surface area contributed by atoms with Gasteiger partial charge in [-0.2, -0.15) is 0 Å². The molecular formula is C16H16N6O2. The minimum atomic E-state index is -0.333. The number of hydrogen-bond acceptors (Lipinski definition) is 6. The first-order valence-electron chi connectivity index (χ1n) is 7.39. The number of phenols is 1. The number of nitrogens with zero attached hydrogens (tertiary/aromatic N) is 3. The Bertz CT molecular complexity index is 883. The summed E-state index contributed by atoms with van der Waals surface area (Å²) in [5, 5.41) is 18.0. The Kier molecular flexibility index (Phi) is 4.37. The molecule has 0 aliphatic rings. The molecule has 8 nitrogen and oxygen atoms in total. The number of benzene rings is 1. The lowest BCUT2D eigenvalue weighted by Crippen LogP contribution is -2.28. The van der Waals surface area contributed by atoms with E-state index in [2.05, 4.69) is 30.9 Å². The molecule has 0 aliphatic carbocycles. The number of rotatable bonds is 4. The van der Waals surface area contributed by atoms with Crippen LogP contribution in [-0.2, 0) is 0 Å². The SMILES string of the molecule is CCNC(=O)Nc1ccc2ncc(Nc3ccccc3O)nc2n1. The van der Waals surface area contributed by atoms with Crippen molar-refractivity contribution in [2.24, 2.45) is 0 Å². The van der Waals surface area contributed by atoms with Crippen LogP contribution in [0.5, 0.6) is 5.75 Å². The quantitative estimate of drug-likeness (QED) is 0.549. The number of pyridine rings is 1. The molecule has 3 rings (SSSR count). The summed E-state index contributed by atoms with van der Waals surface area (Å²) >= 11 is 0. The van der Waals surface area contributed by atoms with Gasteiger partial charge in [0.15, 0.2) is 11.5 Å². The van der Waals surface area contributed by atoms with Crippen LogP contribution in [0.3, 0.4) is 0 Å². The number of amides is 2. The van der Waals surface area contributed by atoms with E-state index in [9.17, 15) is 9.90 Å². The predicted molar refractivity (Wildman–Crippen MR) is 91.4 cm³/mol. The molecule has 0 unspecified atom stereocenters. The Labute approximate surface area is 138 Å². The minimum absolute atomic E-state index is 0.110. The number of carbonyl (C=O) groups excluding carboxylic acids is 1. The highest BCUT2D eigenvalue weighted by molar-refractivity contribution is 5.89. The first-order chi connectivity index (χ1) is 11.7. The highest BCUT2D eigenvalue weighted by Crippen LogP contribution is 2.25. The molecule has 0 bridgehead atoms. The normalized spacial score (nSPS) is 10.4. The summed E-state index contributed by atoms with van der Waals surface area (Å²) in [6.45, 7) is 2.35. The molecule has 3 aromatic rings. The lowest BCUT2D eigenvalue weighted by atomic mass is 10.3. The summed E-state index contributed by atoms with van der Waals surface area (Å²) in [6.07, 6.45) is 1.55. The zero-order valence-electron chi connectivity index (χ0n) is 12.9. The fourth-order valence-corrected chi connectivity index (χ4v) is 2.07. The molecule has 0 aliphatic heterocycles. The minimum Gasteiger partial charge on any atom is -0.506 e. The monoisotopic (exact) mass is 324 g/mol. The zero-order chi connectivity index (χ0) is 16.9. The van der Waals surface area contributed by atoms with Gasteiger partial charge in [-0.3, -0.25) is 5.32 Å². The molecule has 2 heterocycles. The molecule has 122 valence electrons. The number of aromatic nitrogens is 3. The molecule has 24 heavy (non-hydrogen) atoms. The van der Waals surface area contributed by atoms with Crippen LogP contribution in [0.1, 0.15) is 6.92 Å². The van der Waals surface area contributed by atoms with Crippen molar-refractivity contribution in [2.45, 2.75) is 6.92 Å². The topological polar surface area (TPSA) is 112 Å². The van der Waals surface area contributed by atoms with Crippen LogP contribution in [0.25, 0.3) is 11.2 Å². The van der Waals surface area contributed by atoms with E-state index in [0.29, 0.717) is 35.0 Å². The second-order valence-electron chi connectivity index (χ2n) is 4.92. The Morgan fingerprint density at radius 2 is 1.92 bits per heavy atom. The van der Waals surface area contributed by atoms with Gasteiger partial charge < -0.3 is 15.7 Å². The molecule has 0 saturated carbocycles. The first-order valence-corrected chi connectivity index (χ1v) is 7.39. The maximum absolute atomic E-state index is 11.6.